The lowest BCUT2D eigenvalue weighted by Crippen LogP contribution is -2.34. The third kappa shape index (κ3) is 2.94. The van der Waals surface area contributed by atoms with Crippen molar-refractivity contribution >= 4 is 5.69 Å². The van der Waals surface area contributed by atoms with Gasteiger partial charge in [-0.05, 0) is 31.0 Å². The molecular weight excluding hydrogens is 346 g/mol. The van der Waals surface area contributed by atoms with Crippen LogP contribution in [0.1, 0.15) is 54.4 Å². The van der Waals surface area contributed by atoms with Crippen molar-refractivity contribution in [3.8, 4) is 11.5 Å². The minimum atomic E-state index is -0.550. The van der Waals surface area contributed by atoms with Crippen LogP contribution in [-0.4, -0.2) is 25.2 Å². The van der Waals surface area contributed by atoms with E-state index >= 15 is 0 Å². The maximum absolute atomic E-state index is 11.6. The fourth-order valence-electron chi connectivity index (χ4n) is 4.54. The normalized spacial score (nSPS) is 23.9. The van der Waals surface area contributed by atoms with E-state index in [2.05, 4.69) is 0 Å². The number of nitrogens with zero attached hydrogens (tertiary/aromatic N) is 1. The molecule has 0 amide bonds. The number of nitro groups is 1. The molecule has 1 heterocycles. The first-order valence-electron chi connectivity index (χ1n) is 9.29. The number of hydrogen-bond acceptors (Lipinski definition) is 5. The van der Waals surface area contributed by atoms with E-state index in [1.807, 2.05) is 18.2 Å². The van der Waals surface area contributed by atoms with Crippen LogP contribution in [0.25, 0.3) is 0 Å². The van der Waals surface area contributed by atoms with Gasteiger partial charge in [0, 0.05) is 23.1 Å². The Morgan fingerprint density at radius 1 is 1.00 bits per heavy atom. The van der Waals surface area contributed by atoms with Crippen LogP contribution in [0.15, 0.2) is 36.4 Å². The van der Waals surface area contributed by atoms with Gasteiger partial charge in [0.2, 0.25) is 0 Å². The molecule has 2 aliphatic rings. The molecule has 0 N–H and O–H groups in total. The highest BCUT2D eigenvalue weighted by Crippen LogP contribution is 2.53. The summed E-state index contributed by atoms with van der Waals surface area (Å²) in [5.41, 5.74) is 2.55. The zero-order valence-electron chi connectivity index (χ0n) is 15.5. The van der Waals surface area contributed by atoms with Crippen LogP contribution in [0.3, 0.4) is 0 Å². The average Bonchev–Trinajstić information content (AvgIpc) is 2.72. The molecule has 0 aromatic heterocycles. The summed E-state index contributed by atoms with van der Waals surface area (Å²) in [4.78, 5) is 11.3. The van der Waals surface area contributed by atoms with Crippen molar-refractivity contribution in [2.75, 3.05) is 14.2 Å². The van der Waals surface area contributed by atoms with Gasteiger partial charge in [-0.3, -0.25) is 10.1 Å². The molecule has 6 heteroatoms. The lowest BCUT2D eigenvalue weighted by atomic mass is 9.75. The van der Waals surface area contributed by atoms with Crippen molar-refractivity contribution < 1.29 is 19.1 Å². The Kier molecular flexibility index (Phi) is 4.74. The molecule has 4 rings (SSSR count). The molecular formula is C21H23NO5. The van der Waals surface area contributed by atoms with E-state index in [0.29, 0.717) is 11.3 Å². The van der Waals surface area contributed by atoms with Crippen LogP contribution in [0.4, 0.5) is 5.69 Å². The summed E-state index contributed by atoms with van der Waals surface area (Å²) in [5, 5.41) is 11.6. The molecule has 6 nitrogen and oxygen atoms in total. The smallest absolute Gasteiger partial charge is 0.275 e. The minimum Gasteiger partial charge on any atom is -0.496 e. The lowest BCUT2D eigenvalue weighted by molar-refractivity contribution is -0.386. The van der Waals surface area contributed by atoms with E-state index in [4.69, 9.17) is 14.2 Å². The molecule has 1 saturated carbocycles. The Balaban J connectivity index is 1.96. The highest BCUT2D eigenvalue weighted by molar-refractivity contribution is 5.58. The quantitative estimate of drug-likeness (QED) is 0.574. The van der Waals surface area contributed by atoms with Gasteiger partial charge in [-0.25, -0.2) is 0 Å². The number of ether oxygens (including phenoxy) is 3. The predicted octanol–water partition coefficient (Wildman–Crippen LogP) is 4.76. The second-order valence-corrected chi connectivity index (χ2v) is 7.06. The molecule has 3 atom stereocenters. The second kappa shape index (κ2) is 7.19. The van der Waals surface area contributed by atoms with Crippen molar-refractivity contribution in [1.82, 2.24) is 0 Å². The minimum absolute atomic E-state index is 0.0251. The van der Waals surface area contributed by atoms with Crippen LogP contribution in [0.2, 0.25) is 0 Å². The molecule has 0 bridgehead atoms. The monoisotopic (exact) mass is 369 g/mol. The molecule has 2 aromatic carbocycles. The van der Waals surface area contributed by atoms with Crippen LogP contribution in [0, 0.1) is 10.1 Å². The summed E-state index contributed by atoms with van der Waals surface area (Å²) in [5.74, 6) is 1.70. The van der Waals surface area contributed by atoms with Crippen molar-refractivity contribution in [3.63, 3.8) is 0 Å². The standard InChI is InChI=1S/C21H23NO5/c1-25-17-11-12-18(26-2)20-19(17)14-8-4-6-10-16(14)27-21(20)13-7-3-5-9-15(13)22(23)24/h3,5,7,9,11-12,14,16,21H,4,6,8,10H2,1-2H3. The fraction of sp³-hybridized carbons (Fsp3) is 0.429. The van der Waals surface area contributed by atoms with E-state index in [1.165, 1.54) is 6.07 Å². The van der Waals surface area contributed by atoms with E-state index in [1.54, 1.807) is 26.4 Å². The van der Waals surface area contributed by atoms with Crippen molar-refractivity contribution in [3.05, 3.63) is 63.2 Å². The summed E-state index contributed by atoms with van der Waals surface area (Å²) in [6.07, 6.45) is 3.68. The predicted molar refractivity (Wildman–Crippen MR) is 101 cm³/mol. The number of rotatable bonds is 4. The molecule has 0 spiro atoms. The summed E-state index contributed by atoms with van der Waals surface area (Å²) in [6.45, 7) is 0. The SMILES string of the molecule is COc1ccc(OC)c2c1C(c1ccccc1[N+](=O)[O-])OC1CCCCC21. The number of para-hydroxylation sites is 1. The number of fused-ring (bicyclic) bond motifs is 3. The molecule has 0 saturated heterocycles. The number of hydrogen-bond donors (Lipinski definition) is 0. The largest absolute Gasteiger partial charge is 0.496 e. The molecule has 0 radical (unpaired) electrons. The first-order valence-corrected chi connectivity index (χ1v) is 9.29. The average molecular weight is 369 g/mol. The molecule has 142 valence electrons. The first-order chi connectivity index (χ1) is 13.2. The van der Waals surface area contributed by atoms with E-state index in [0.717, 1.165) is 42.6 Å². The Hall–Kier alpha value is -2.60. The third-order valence-electron chi connectivity index (χ3n) is 5.71. The van der Waals surface area contributed by atoms with Gasteiger partial charge < -0.3 is 14.2 Å². The van der Waals surface area contributed by atoms with Gasteiger partial charge in [-0.1, -0.05) is 25.0 Å². The lowest BCUT2D eigenvalue weighted by Gasteiger charge is -2.42. The maximum Gasteiger partial charge on any atom is 0.275 e. The van der Waals surface area contributed by atoms with Gasteiger partial charge in [0.1, 0.15) is 17.6 Å². The third-order valence-corrected chi connectivity index (χ3v) is 5.71. The van der Waals surface area contributed by atoms with E-state index in [9.17, 15) is 10.1 Å². The molecule has 1 aliphatic heterocycles. The molecule has 1 fully saturated rings. The van der Waals surface area contributed by atoms with Crippen LogP contribution in [0.5, 0.6) is 11.5 Å². The number of benzene rings is 2. The van der Waals surface area contributed by atoms with Gasteiger partial charge in [-0.2, -0.15) is 0 Å². The Morgan fingerprint density at radius 3 is 2.37 bits per heavy atom. The van der Waals surface area contributed by atoms with Crippen molar-refractivity contribution in [1.29, 1.82) is 0 Å². The summed E-state index contributed by atoms with van der Waals surface area (Å²) in [7, 11) is 3.28. The molecule has 1 aliphatic carbocycles. The van der Waals surface area contributed by atoms with Crippen LogP contribution < -0.4 is 9.47 Å². The Bertz CT molecular complexity index is 866. The van der Waals surface area contributed by atoms with Crippen LogP contribution >= 0.6 is 0 Å². The van der Waals surface area contributed by atoms with Gasteiger partial charge >= 0.3 is 0 Å². The Labute approximate surface area is 158 Å². The van der Waals surface area contributed by atoms with Gasteiger partial charge in [0.05, 0.1) is 30.8 Å². The van der Waals surface area contributed by atoms with E-state index < -0.39 is 6.10 Å². The first kappa shape index (κ1) is 17.8. The summed E-state index contributed by atoms with van der Waals surface area (Å²) >= 11 is 0. The summed E-state index contributed by atoms with van der Waals surface area (Å²) < 4.78 is 17.8. The van der Waals surface area contributed by atoms with Crippen molar-refractivity contribution in [2.45, 2.75) is 43.8 Å². The molecule has 27 heavy (non-hydrogen) atoms. The Morgan fingerprint density at radius 2 is 1.67 bits per heavy atom. The second-order valence-electron chi connectivity index (χ2n) is 7.06. The van der Waals surface area contributed by atoms with Gasteiger partial charge in [0.25, 0.3) is 5.69 Å². The summed E-state index contributed by atoms with van der Waals surface area (Å²) in [6, 6.07) is 10.6. The van der Waals surface area contributed by atoms with Gasteiger partial charge in [-0.15, -0.1) is 0 Å². The maximum atomic E-state index is 11.6. The van der Waals surface area contributed by atoms with E-state index in [-0.39, 0.29) is 22.6 Å². The van der Waals surface area contributed by atoms with Gasteiger partial charge in [0.15, 0.2) is 0 Å². The molecule has 3 unspecified atom stereocenters. The van der Waals surface area contributed by atoms with Crippen LogP contribution in [-0.2, 0) is 4.74 Å². The fourth-order valence-corrected chi connectivity index (χ4v) is 4.54. The zero-order chi connectivity index (χ0) is 19.0. The number of nitro benzene ring substituents is 1. The highest BCUT2D eigenvalue weighted by Gasteiger charge is 2.43. The number of methoxy groups -OCH3 is 2. The topological polar surface area (TPSA) is 70.8 Å². The highest BCUT2D eigenvalue weighted by atomic mass is 16.6. The zero-order valence-corrected chi connectivity index (χ0v) is 15.5. The van der Waals surface area contributed by atoms with Crippen molar-refractivity contribution in [2.24, 2.45) is 0 Å². The molecule has 2 aromatic rings.